The number of nitrogens with two attached hydrogens (primary N) is 1. The van der Waals surface area contributed by atoms with E-state index in [-0.39, 0.29) is 12.4 Å². The quantitative estimate of drug-likeness (QED) is 0.780. The minimum absolute atomic E-state index is 0.0239. The summed E-state index contributed by atoms with van der Waals surface area (Å²) in [6.45, 7) is 2.78. The number of hydrogen-bond donors (Lipinski definition) is 1. The van der Waals surface area contributed by atoms with Crippen molar-refractivity contribution in [3.05, 3.63) is 0 Å². The molecule has 1 aliphatic rings. The molecule has 0 aromatic carbocycles. The van der Waals surface area contributed by atoms with Gasteiger partial charge in [-0.15, -0.1) is 0 Å². The van der Waals surface area contributed by atoms with Crippen molar-refractivity contribution in [3.63, 3.8) is 0 Å². The third kappa shape index (κ3) is 3.44. The minimum Gasteiger partial charge on any atom is -0.384 e. The lowest BCUT2D eigenvalue weighted by Crippen LogP contribution is -2.57. The number of likely N-dealkylation sites (N-methyl/N-ethyl adjacent to an activating group) is 1. The summed E-state index contributed by atoms with van der Waals surface area (Å²) in [4.78, 5) is 0. The zero-order valence-corrected chi connectivity index (χ0v) is 12.5. The Balaban J connectivity index is 2.87. The Hall–Kier alpha value is -0.170. The first-order chi connectivity index (χ1) is 8.38. The number of methoxy groups -OCH3 is 1. The summed E-state index contributed by atoms with van der Waals surface area (Å²) in [5.41, 5.74) is 5.49. The van der Waals surface area contributed by atoms with Crippen molar-refractivity contribution in [3.8, 4) is 0 Å². The van der Waals surface area contributed by atoms with Gasteiger partial charge in [0.15, 0.2) is 0 Å². The van der Waals surface area contributed by atoms with E-state index >= 15 is 0 Å². The summed E-state index contributed by atoms with van der Waals surface area (Å²) in [5.74, 6) is 0.554. The normalized spacial score (nSPS) is 29.7. The van der Waals surface area contributed by atoms with Crippen LogP contribution in [-0.4, -0.2) is 51.3 Å². The van der Waals surface area contributed by atoms with Crippen molar-refractivity contribution in [2.45, 2.75) is 38.1 Å². The molecule has 2 unspecified atom stereocenters. The molecule has 1 fully saturated rings. The lowest BCUT2D eigenvalue weighted by atomic mass is 9.76. The van der Waals surface area contributed by atoms with Gasteiger partial charge in [-0.25, -0.2) is 8.42 Å². The molecule has 1 rings (SSSR count). The van der Waals surface area contributed by atoms with Crippen molar-refractivity contribution >= 4 is 10.0 Å². The average molecular weight is 278 g/mol. The van der Waals surface area contributed by atoms with Crippen LogP contribution in [-0.2, 0) is 14.8 Å². The molecule has 0 aromatic heterocycles. The molecule has 2 atom stereocenters. The van der Waals surface area contributed by atoms with E-state index in [1.54, 1.807) is 7.05 Å². The van der Waals surface area contributed by atoms with Gasteiger partial charge in [0.1, 0.15) is 0 Å². The van der Waals surface area contributed by atoms with E-state index in [1.807, 2.05) is 0 Å². The van der Waals surface area contributed by atoms with E-state index in [0.29, 0.717) is 12.5 Å². The van der Waals surface area contributed by atoms with Gasteiger partial charge in [-0.1, -0.05) is 19.8 Å². The average Bonchev–Trinajstić information content (AvgIpc) is 2.35. The van der Waals surface area contributed by atoms with E-state index < -0.39 is 15.6 Å². The molecule has 0 spiro atoms. The zero-order chi connectivity index (χ0) is 13.8. The molecule has 1 saturated carbocycles. The van der Waals surface area contributed by atoms with E-state index in [0.717, 1.165) is 25.7 Å². The maximum Gasteiger partial charge on any atom is 0.216 e. The molecular weight excluding hydrogens is 252 g/mol. The summed E-state index contributed by atoms with van der Waals surface area (Å²) < 4.78 is 30.9. The molecule has 108 valence electrons. The molecule has 6 heteroatoms. The van der Waals surface area contributed by atoms with Gasteiger partial charge in [0.05, 0.1) is 12.4 Å². The Bertz CT molecular complexity index is 358. The first-order valence-electron chi connectivity index (χ1n) is 6.54. The highest BCUT2D eigenvalue weighted by Crippen LogP contribution is 2.36. The number of hydrogen-bond acceptors (Lipinski definition) is 4. The predicted octanol–water partition coefficient (Wildman–Crippen LogP) is 0.802. The molecule has 2 N–H and O–H groups in total. The molecule has 0 bridgehead atoms. The second kappa shape index (κ2) is 6.32. The first-order valence-corrected chi connectivity index (χ1v) is 8.14. The van der Waals surface area contributed by atoms with Crippen molar-refractivity contribution in [2.75, 3.05) is 33.1 Å². The second-order valence-electron chi connectivity index (χ2n) is 5.41. The van der Waals surface area contributed by atoms with Crippen LogP contribution in [0, 0.1) is 5.92 Å². The minimum atomic E-state index is -3.29. The van der Waals surface area contributed by atoms with Crippen LogP contribution in [0.4, 0.5) is 0 Å². The number of sulfonamides is 1. The van der Waals surface area contributed by atoms with E-state index in [2.05, 4.69) is 6.92 Å². The van der Waals surface area contributed by atoms with Gasteiger partial charge in [0.2, 0.25) is 10.0 Å². The van der Waals surface area contributed by atoms with Crippen LogP contribution in [0.3, 0.4) is 0 Å². The molecule has 0 amide bonds. The Morgan fingerprint density at radius 3 is 2.67 bits per heavy atom. The van der Waals surface area contributed by atoms with Crippen molar-refractivity contribution < 1.29 is 13.2 Å². The van der Waals surface area contributed by atoms with Crippen LogP contribution in [0.2, 0.25) is 0 Å². The van der Waals surface area contributed by atoms with Gasteiger partial charge < -0.3 is 10.5 Å². The third-order valence-electron chi connectivity index (χ3n) is 4.08. The third-order valence-corrected chi connectivity index (χ3v) is 5.98. The molecule has 0 aliphatic heterocycles. The smallest absolute Gasteiger partial charge is 0.216 e. The van der Waals surface area contributed by atoms with Gasteiger partial charge in [0.25, 0.3) is 0 Å². The molecule has 0 radical (unpaired) electrons. The highest BCUT2D eigenvalue weighted by molar-refractivity contribution is 7.89. The van der Waals surface area contributed by atoms with Crippen LogP contribution >= 0.6 is 0 Å². The topological polar surface area (TPSA) is 72.6 Å². The van der Waals surface area contributed by atoms with Crippen LogP contribution in [0.5, 0.6) is 0 Å². The highest BCUT2D eigenvalue weighted by atomic mass is 32.2. The Morgan fingerprint density at radius 2 is 2.17 bits per heavy atom. The molecule has 1 aliphatic carbocycles. The lowest BCUT2D eigenvalue weighted by Gasteiger charge is -2.45. The standard InChI is InChI=1S/C12H26N2O3S/c1-11-5-4-6-12(9-11,10-13)14(2)18(15,16)8-7-17-3/h11H,4-10,13H2,1-3H3. The van der Waals surface area contributed by atoms with Gasteiger partial charge in [-0.05, 0) is 18.8 Å². The zero-order valence-electron chi connectivity index (χ0n) is 11.7. The Kier molecular flexibility index (Phi) is 5.58. The highest BCUT2D eigenvalue weighted by Gasteiger charge is 2.42. The number of rotatable bonds is 6. The summed E-state index contributed by atoms with van der Waals surface area (Å²) in [6.07, 6.45) is 3.92. The van der Waals surface area contributed by atoms with Crippen molar-refractivity contribution in [1.29, 1.82) is 0 Å². The van der Waals surface area contributed by atoms with Gasteiger partial charge in [-0.3, -0.25) is 0 Å². The van der Waals surface area contributed by atoms with Gasteiger partial charge in [0, 0.05) is 26.2 Å². The Morgan fingerprint density at radius 1 is 1.50 bits per heavy atom. The van der Waals surface area contributed by atoms with Gasteiger partial charge >= 0.3 is 0 Å². The molecule has 5 nitrogen and oxygen atoms in total. The SMILES string of the molecule is COCCS(=O)(=O)N(C)C1(CN)CCCC(C)C1. The fraction of sp³-hybridized carbons (Fsp3) is 1.00. The van der Waals surface area contributed by atoms with Crippen LogP contribution in [0.1, 0.15) is 32.6 Å². The maximum absolute atomic E-state index is 12.2. The molecule has 0 saturated heterocycles. The molecule has 0 aromatic rings. The van der Waals surface area contributed by atoms with E-state index in [1.165, 1.54) is 11.4 Å². The maximum atomic E-state index is 12.2. The second-order valence-corrected chi connectivity index (χ2v) is 7.53. The lowest BCUT2D eigenvalue weighted by molar-refractivity contribution is 0.126. The van der Waals surface area contributed by atoms with Crippen LogP contribution < -0.4 is 5.73 Å². The fourth-order valence-electron chi connectivity index (χ4n) is 2.85. The largest absolute Gasteiger partial charge is 0.384 e. The summed E-state index contributed by atoms with van der Waals surface area (Å²) in [5, 5.41) is 0. The summed E-state index contributed by atoms with van der Waals surface area (Å²) in [7, 11) is -0.114. The first kappa shape index (κ1) is 15.9. The molecule has 18 heavy (non-hydrogen) atoms. The number of nitrogens with zero attached hydrogens (tertiary/aromatic N) is 1. The molecule has 0 heterocycles. The molecular formula is C12H26N2O3S. The van der Waals surface area contributed by atoms with Crippen LogP contribution in [0.25, 0.3) is 0 Å². The van der Waals surface area contributed by atoms with Crippen molar-refractivity contribution in [1.82, 2.24) is 4.31 Å². The summed E-state index contributed by atoms with van der Waals surface area (Å²) in [6, 6.07) is 0. The van der Waals surface area contributed by atoms with Crippen molar-refractivity contribution in [2.24, 2.45) is 11.7 Å². The summed E-state index contributed by atoms with van der Waals surface area (Å²) >= 11 is 0. The number of ether oxygens (including phenoxy) is 1. The predicted molar refractivity (Wildman–Crippen MR) is 72.8 cm³/mol. The monoisotopic (exact) mass is 278 g/mol. The van der Waals surface area contributed by atoms with E-state index in [9.17, 15) is 8.42 Å². The fourth-order valence-corrected chi connectivity index (χ4v) is 4.33. The van der Waals surface area contributed by atoms with E-state index in [4.69, 9.17) is 10.5 Å². The Labute approximate surface area is 111 Å². The van der Waals surface area contributed by atoms with Gasteiger partial charge in [-0.2, -0.15) is 4.31 Å². The van der Waals surface area contributed by atoms with Crippen LogP contribution in [0.15, 0.2) is 0 Å².